The molecule has 1 aromatic heterocycles. The van der Waals surface area contributed by atoms with Gasteiger partial charge in [-0.2, -0.15) is 5.26 Å². The van der Waals surface area contributed by atoms with Gasteiger partial charge in [0.15, 0.2) is 0 Å². The Morgan fingerprint density at radius 1 is 1.23 bits per heavy atom. The Balaban J connectivity index is 1.89. The number of benzene rings is 2. The molecule has 0 aliphatic heterocycles. The third-order valence-corrected chi connectivity index (χ3v) is 4.86. The maximum absolute atomic E-state index is 11.3. The van der Waals surface area contributed by atoms with Gasteiger partial charge in [0, 0.05) is 29.3 Å². The Hall–Kier alpha value is -4.30. The number of nitro groups is 2. The molecule has 3 aromatic rings. The largest absolute Gasteiger partial charge is 0.496 e. The van der Waals surface area contributed by atoms with Crippen molar-refractivity contribution < 1.29 is 14.6 Å². The molecule has 0 fully saturated rings. The topological polar surface area (TPSA) is 144 Å². The Kier molecular flexibility index (Phi) is 6.00. The average molecular weight is 423 g/mol. The zero-order chi connectivity index (χ0) is 21.7. The molecule has 30 heavy (non-hydrogen) atoms. The number of hydrogen-bond acceptors (Lipinski definition) is 9. The lowest BCUT2D eigenvalue weighted by atomic mass is 10.1. The van der Waals surface area contributed by atoms with Crippen LogP contribution in [0, 0.1) is 31.6 Å². The van der Waals surface area contributed by atoms with Crippen LogP contribution in [-0.4, -0.2) is 21.9 Å². The number of methoxy groups -OCH3 is 1. The van der Waals surface area contributed by atoms with E-state index in [4.69, 9.17) is 4.74 Å². The van der Waals surface area contributed by atoms with Gasteiger partial charge in [0.2, 0.25) is 0 Å². The minimum atomic E-state index is -0.561. The molecule has 2 aromatic carbocycles. The summed E-state index contributed by atoms with van der Waals surface area (Å²) in [6, 6.07) is 12.3. The Bertz CT molecular complexity index is 1200. The number of hydrogen-bond donors (Lipinski definition) is 1. The molecule has 0 unspecified atom stereocenters. The summed E-state index contributed by atoms with van der Waals surface area (Å²) in [5, 5.41) is 36.5. The van der Waals surface area contributed by atoms with E-state index in [2.05, 4.69) is 10.3 Å². The van der Waals surface area contributed by atoms with Crippen molar-refractivity contribution in [2.24, 2.45) is 0 Å². The van der Waals surface area contributed by atoms with Gasteiger partial charge in [-0.05, 0) is 12.1 Å². The number of nitro benzene ring substituents is 2. The predicted octanol–water partition coefficient (Wildman–Crippen LogP) is 4.61. The van der Waals surface area contributed by atoms with Crippen LogP contribution in [0.15, 0.2) is 54.0 Å². The van der Waals surface area contributed by atoms with Crippen molar-refractivity contribution in [1.29, 1.82) is 5.26 Å². The molecule has 150 valence electrons. The fourth-order valence-corrected chi connectivity index (χ4v) is 3.31. The molecule has 0 aliphatic carbocycles. The highest BCUT2D eigenvalue weighted by Crippen LogP contribution is 2.31. The van der Waals surface area contributed by atoms with Crippen LogP contribution in [0.4, 0.5) is 17.1 Å². The zero-order valence-corrected chi connectivity index (χ0v) is 16.3. The van der Waals surface area contributed by atoms with E-state index in [1.165, 1.54) is 48.9 Å². The highest BCUT2D eigenvalue weighted by molar-refractivity contribution is 7.11. The van der Waals surface area contributed by atoms with Crippen LogP contribution in [0.25, 0.3) is 16.8 Å². The van der Waals surface area contributed by atoms with Crippen LogP contribution in [0.1, 0.15) is 5.01 Å². The van der Waals surface area contributed by atoms with Gasteiger partial charge in [-0.3, -0.25) is 20.2 Å². The van der Waals surface area contributed by atoms with Gasteiger partial charge in [-0.1, -0.05) is 12.1 Å². The van der Waals surface area contributed by atoms with Crippen molar-refractivity contribution in [2.45, 2.75) is 0 Å². The SMILES string of the molecule is COc1ccc(N/C=C(\C#N)c2nc(-c3cccc([N+](=O)[O-])c3)cs2)c([N+](=O)[O-])c1. The first-order valence-electron chi connectivity index (χ1n) is 8.33. The minimum absolute atomic E-state index is 0.0634. The summed E-state index contributed by atoms with van der Waals surface area (Å²) in [5.41, 5.74) is 1.09. The second-order valence-corrected chi connectivity index (χ2v) is 6.66. The lowest BCUT2D eigenvalue weighted by molar-refractivity contribution is -0.384. The first-order valence-corrected chi connectivity index (χ1v) is 9.21. The van der Waals surface area contributed by atoms with Crippen LogP contribution in [0.3, 0.4) is 0 Å². The Morgan fingerprint density at radius 2 is 2.03 bits per heavy atom. The van der Waals surface area contributed by atoms with Crippen molar-refractivity contribution in [3.8, 4) is 23.1 Å². The van der Waals surface area contributed by atoms with Gasteiger partial charge in [0.1, 0.15) is 28.1 Å². The molecule has 1 heterocycles. The van der Waals surface area contributed by atoms with E-state index in [1.54, 1.807) is 23.6 Å². The average Bonchev–Trinajstić information content (AvgIpc) is 3.24. The summed E-state index contributed by atoms with van der Waals surface area (Å²) in [6.45, 7) is 0. The Morgan fingerprint density at radius 3 is 2.70 bits per heavy atom. The van der Waals surface area contributed by atoms with Crippen molar-refractivity contribution in [1.82, 2.24) is 4.98 Å². The second kappa shape index (κ2) is 8.80. The number of allylic oxidation sites excluding steroid dienone is 1. The first-order chi connectivity index (χ1) is 14.4. The van der Waals surface area contributed by atoms with Gasteiger partial charge in [0.25, 0.3) is 11.4 Å². The third kappa shape index (κ3) is 4.40. The molecule has 10 nitrogen and oxygen atoms in total. The summed E-state index contributed by atoms with van der Waals surface area (Å²) >= 11 is 1.18. The molecule has 0 bridgehead atoms. The number of ether oxygens (including phenoxy) is 1. The summed E-state index contributed by atoms with van der Waals surface area (Å²) < 4.78 is 4.99. The highest BCUT2D eigenvalue weighted by Gasteiger charge is 2.16. The van der Waals surface area contributed by atoms with Crippen molar-refractivity contribution >= 4 is 34.0 Å². The Labute approximate surface area is 174 Å². The molecular weight excluding hydrogens is 410 g/mol. The lowest BCUT2D eigenvalue weighted by Gasteiger charge is -2.05. The van der Waals surface area contributed by atoms with Crippen LogP contribution < -0.4 is 10.1 Å². The molecule has 3 rings (SSSR count). The normalized spacial score (nSPS) is 10.9. The maximum atomic E-state index is 11.3. The van der Waals surface area contributed by atoms with E-state index < -0.39 is 9.85 Å². The maximum Gasteiger partial charge on any atom is 0.296 e. The number of anilines is 1. The fourth-order valence-electron chi connectivity index (χ4n) is 2.51. The monoisotopic (exact) mass is 423 g/mol. The number of aromatic nitrogens is 1. The molecule has 0 saturated heterocycles. The van der Waals surface area contributed by atoms with Crippen molar-refractivity contribution in [2.75, 3.05) is 12.4 Å². The van der Waals surface area contributed by atoms with Crippen LogP contribution in [0.5, 0.6) is 5.75 Å². The van der Waals surface area contributed by atoms with Gasteiger partial charge in [-0.15, -0.1) is 11.3 Å². The fraction of sp³-hybridized carbons (Fsp3) is 0.0526. The standard InChI is InChI=1S/C19H13N5O5S/c1-29-15-5-6-16(18(8-15)24(27)28)21-10-13(9-20)19-22-17(11-30-19)12-3-2-4-14(7-12)23(25)26/h2-8,10-11,21H,1H3/b13-10+. The summed E-state index contributed by atoms with van der Waals surface area (Å²) in [5.74, 6) is 0.332. The molecule has 0 spiro atoms. The van der Waals surface area contributed by atoms with E-state index in [0.717, 1.165) is 0 Å². The number of nitrogens with one attached hydrogen (secondary N) is 1. The van der Waals surface area contributed by atoms with E-state index in [1.807, 2.05) is 6.07 Å². The van der Waals surface area contributed by atoms with Crippen LogP contribution >= 0.6 is 11.3 Å². The zero-order valence-electron chi connectivity index (χ0n) is 15.4. The molecule has 11 heteroatoms. The number of nitriles is 1. The van der Waals surface area contributed by atoms with E-state index in [-0.39, 0.29) is 22.6 Å². The number of thiazole rings is 1. The smallest absolute Gasteiger partial charge is 0.296 e. The van der Waals surface area contributed by atoms with Crippen molar-refractivity contribution in [3.63, 3.8) is 0 Å². The lowest BCUT2D eigenvalue weighted by Crippen LogP contribution is -1.98. The number of non-ortho nitro benzene ring substituents is 1. The van der Waals surface area contributed by atoms with Gasteiger partial charge in [-0.25, -0.2) is 4.98 Å². The molecule has 0 radical (unpaired) electrons. The molecule has 0 atom stereocenters. The van der Waals surface area contributed by atoms with Crippen LogP contribution in [0.2, 0.25) is 0 Å². The molecule has 0 aliphatic rings. The highest BCUT2D eigenvalue weighted by atomic mass is 32.1. The molecule has 0 amide bonds. The summed E-state index contributed by atoms with van der Waals surface area (Å²) in [6.07, 6.45) is 1.32. The van der Waals surface area contributed by atoms with Gasteiger partial charge >= 0.3 is 0 Å². The van der Waals surface area contributed by atoms with Crippen LogP contribution in [-0.2, 0) is 0 Å². The van der Waals surface area contributed by atoms with E-state index in [0.29, 0.717) is 22.0 Å². The number of nitrogens with zero attached hydrogens (tertiary/aromatic N) is 4. The van der Waals surface area contributed by atoms with E-state index in [9.17, 15) is 25.5 Å². The molecule has 1 N–H and O–H groups in total. The quantitative estimate of drug-likeness (QED) is 0.329. The van der Waals surface area contributed by atoms with Gasteiger partial charge < -0.3 is 10.1 Å². The molecule has 0 saturated carbocycles. The van der Waals surface area contributed by atoms with Crippen molar-refractivity contribution in [3.05, 3.63) is 79.3 Å². The second-order valence-electron chi connectivity index (χ2n) is 5.80. The predicted molar refractivity (Wildman–Crippen MR) is 111 cm³/mol. The van der Waals surface area contributed by atoms with Gasteiger partial charge in [0.05, 0.1) is 28.7 Å². The summed E-state index contributed by atoms with van der Waals surface area (Å²) in [7, 11) is 1.40. The van der Waals surface area contributed by atoms with E-state index >= 15 is 0 Å². The minimum Gasteiger partial charge on any atom is -0.496 e. The first kappa shape index (κ1) is 20.4. The number of rotatable bonds is 7. The summed E-state index contributed by atoms with van der Waals surface area (Å²) in [4.78, 5) is 25.5. The molecular formula is C19H13N5O5S. The third-order valence-electron chi connectivity index (χ3n) is 3.98.